The SMILES string of the molecule is CC/C=C\C/C=C\C/C=C\C/C=C\CCCCCCCCCCCCCCCCCCCCCCCCCCCCC(=O)NC(CO)C(O)/C=C/CC/C=C/CCCCCCCCCCC. The molecule has 0 spiro atoms. The van der Waals surface area contributed by atoms with Crippen LogP contribution in [0.5, 0.6) is 0 Å². The van der Waals surface area contributed by atoms with Gasteiger partial charge in [0.25, 0.3) is 0 Å². The highest BCUT2D eigenvalue weighted by molar-refractivity contribution is 5.76. The van der Waals surface area contributed by atoms with Gasteiger partial charge in [0, 0.05) is 6.42 Å². The summed E-state index contributed by atoms with van der Waals surface area (Å²) in [7, 11) is 0. The van der Waals surface area contributed by atoms with E-state index in [0.29, 0.717) is 6.42 Å². The van der Waals surface area contributed by atoms with Crippen LogP contribution >= 0.6 is 0 Å². The van der Waals surface area contributed by atoms with Crippen LogP contribution in [0.2, 0.25) is 0 Å². The Morgan fingerprint density at radius 2 is 0.682 bits per heavy atom. The zero-order valence-electron chi connectivity index (χ0n) is 44.2. The third-order valence-electron chi connectivity index (χ3n) is 13.2. The molecular weight excluding hydrogens is 807 g/mol. The van der Waals surface area contributed by atoms with Gasteiger partial charge in [0.2, 0.25) is 5.91 Å². The number of nitrogens with one attached hydrogen (secondary N) is 1. The third-order valence-corrected chi connectivity index (χ3v) is 13.2. The molecule has 2 atom stereocenters. The van der Waals surface area contributed by atoms with E-state index in [1.807, 2.05) is 6.08 Å². The van der Waals surface area contributed by atoms with Crippen molar-refractivity contribution in [1.82, 2.24) is 5.32 Å². The standard InChI is InChI=1S/C62H113NO3/c1-3-5-7-9-11-13-15-17-19-20-21-22-23-24-25-26-27-28-29-30-31-32-33-34-35-36-37-38-39-40-41-42-44-46-48-50-52-54-56-58-62(66)63-60(59-64)61(65)57-55-53-51-49-47-45-43-18-16-14-12-10-8-6-4-2/h5,7,11,13,17,19,21-22,47,49,55,57,60-61,64-65H,3-4,6,8-10,12,14-16,18,20,23-46,48,50-54,56,58-59H2,1-2H3,(H,63,66)/b7-5-,13-11-,19-17-,22-21-,49-47+,57-55+. The van der Waals surface area contributed by atoms with E-state index in [9.17, 15) is 15.0 Å². The first-order valence-corrected chi connectivity index (χ1v) is 29.2. The van der Waals surface area contributed by atoms with Gasteiger partial charge in [-0.15, -0.1) is 0 Å². The van der Waals surface area contributed by atoms with Gasteiger partial charge in [-0.2, -0.15) is 0 Å². The number of aliphatic hydroxyl groups is 2. The highest BCUT2D eigenvalue weighted by Crippen LogP contribution is 2.17. The molecular formula is C62H113NO3. The lowest BCUT2D eigenvalue weighted by atomic mass is 10.0. The summed E-state index contributed by atoms with van der Waals surface area (Å²) in [5.41, 5.74) is 0. The van der Waals surface area contributed by atoms with Crippen molar-refractivity contribution < 1.29 is 15.0 Å². The van der Waals surface area contributed by atoms with Gasteiger partial charge in [0.1, 0.15) is 0 Å². The Bertz CT molecular complexity index is 1130. The molecule has 0 aliphatic heterocycles. The van der Waals surface area contributed by atoms with E-state index in [1.54, 1.807) is 6.08 Å². The number of carbonyl (C=O) groups is 1. The summed E-state index contributed by atoms with van der Waals surface area (Å²) >= 11 is 0. The van der Waals surface area contributed by atoms with Gasteiger partial charge in [-0.05, 0) is 70.6 Å². The van der Waals surface area contributed by atoms with Crippen LogP contribution in [0.3, 0.4) is 0 Å². The normalized spacial score (nSPS) is 13.3. The lowest BCUT2D eigenvalue weighted by molar-refractivity contribution is -0.123. The molecule has 0 bridgehead atoms. The molecule has 0 saturated carbocycles. The summed E-state index contributed by atoms with van der Waals surface area (Å²) in [5, 5.41) is 23.1. The number of carbonyl (C=O) groups excluding carboxylic acids is 1. The summed E-state index contributed by atoms with van der Waals surface area (Å²) in [4.78, 5) is 12.5. The molecule has 4 heteroatoms. The van der Waals surface area contributed by atoms with Crippen molar-refractivity contribution in [1.29, 1.82) is 0 Å². The van der Waals surface area contributed by atoms with Crippen LogP contribution in [0.25, 0.3) is 0 Å². The van der Waals surface area contributed by atoms with Crippen LogP contribution in [0, 0.1) is 0 Å². The highest BCUT2D eigenvalue weighted by atomic mass is 16.3. The summed E-state index contributed by atoms with van der Waals surface area (Å²) in [5.74, 6) is -0.0705. The molecule has 384 valence electrons. The van der Waals surface area contributed by atoms with Crippen molar-refractivity contribution in [3.8, 4) is 0 Å². The largest absolute Gasteiger partial charge is 0.394 e. The number of rotatable bonds is 53. The molecule has 4 nitrogen and oxygen atoms in total. The van der Waals surface area contributed by atoms with Gasteiger partial charge >= 0.3 is 0 Å². The van der Waals surface area contributed by atoms with Crippen molar-refractivity contribution in [3.63, 3.8) is 0 Å². The molecule has 0 aliphatic carbocycles. The second kappa shape index (κ2) is 57.1. The molecule has 0 aromatic heterocycles. The first-order chi connectivity index (χ1) is 32.7. The second-order valence-corrected chi connectivity index (χ2v) is 19.7. The number of aliphatic hydroxyl groups excluding tert-OH is 2. The molecule has 0 saturated heterocycles. The smallest absolute Gasteiger partial charge is 0.220 e. The molecule has 3 N–H and O–H groups in total. The van der Waals surface area contributed by atoms with Gasteiger partial charge in [-0.25, -0.2) is 0 Å². The van der Waals surface area contributed by atoms with Gasteiger partial charge in [0.15, 0.2) is 0 Å². The fourth-order valence-corrected chi connectivity index (χ4v) is 8.78. The van der Waals surface area contributed by atoms with Crippen LogP contribution in [-0.4, -0.2) is 34.9 Å². The van der Waals surface area contributed by atoms with Crippen molar-refractivity contribution in [2.24, 2.45) is 0 Å². The van der Waals surface area contributed by atoms with Crippen molar-refractivity contribution in [3.05, 3.63) is 72.9 Å². The Hall–Kier alpha value is -2.17. The Kier molecular flexibility index (Phi) is 55.3. The Morgan fingerprint density at radius 1 is 0.379 bits per heavy atom. The van der Waals surface area contributed by atoms with Crippen LogP contribution in [0.15, 0.2) is 72.9 Å². The maximum Gasteiger partial charge on any atom is 0.220 e. The molecule has 0 aromatic carbocycles. The quantitative estimate of drug-likeness (QED) is 0.0421. The lowest BCUT2D eigenvalue weighted by Gasteiger charge is -2.19. The fourth-order valence-electron chi connectivity index (χ4n) is 8.78. The van der Waals surface area contributed by atoms with Gasteiger partial charge in [-0.1, -0.05) is 292 Å². The van der Waals surface area contributed by atoms with Gasteiger partial charge < -0.3 is 15.5 Å². The topological polar surface area (TPSA) is 69.6 Å². The van der Waals surface area contributed by atoms with E-state index in [-0.39, 0.29) is 12.5 Å². The molecule has 0 heterocycles. The number of unbranched alkanes of at least 4 members (excludes halogenated alkanes) is 36. The van der Waals surface area contributed by atoms with Crippen molar-refractivity contribution >= 4 is 5.91 Å². The Labute approximate surface area is 412 Å². The van der Waals surface area contributed by atoms with E-state index in [2.05, 4.69) is 79.9 Å². The number of allylic oxidation sites excluding steroid dienone is 11. The van der Waals surface area contributed by atoms with Crippen LogP contribution in [0.1, 0.15) is 296 Å². The van der Waals surface area contributed by atoms with Crippen LogP contribution in [-0.2, 0) is 4.79 Å². The molecule has 0 fully saturated rings. The van der Waals surface area contributed by atoms with Crippen molar-refractivity contribution in [2.45, 2.75) is 309 Å². The average Bonchev–Trinajstić information content (AvgIpc) is 3.32. The molecule has 1 amide bonds. The molecule has 0 rings (SSSR count). The second-order valence-electron chi connectivity index (χ2n) is 19.7. The predicted molar refractivity (Wildman–Crippen MR) is 294 cm³/mol. The summed E-state index contributed by atoms with van der Waals surface area (Å²) < 4.78 is 0. The zero-order valence-corrected chi connectivity index (χ0v) is 44.2. The third kappa shape index (κ3) is 52.8. The predicted octanol–water partition coefficient (Wildman–Crippen LogP) is 19.4. The lowest BCUT2D eigenvalue weighted by Crippen LogP contribution is -2.45. The first-order valence-electron chi connectivity index (χ1n) is 29.2. The van der Waals surface area contributed by atoms with Gasteiger partial charge in [0.05, 0.1) is 18.8 Å². The van der Waals surface area contributed by atoms with Crippen molar-refractivity contribution in [2.75, 3.05) is 6.61 Å². The highest BCUT2D eigenvalue weighted by Gasteiger charge is 2.18. The number of amides is 1. The summed E-state index contributed by atoms with van der Waals surface area (Å²) in [6.07, 6.45) is 82.3. The van der Waals surface area contributed by atoms with E-state index in [4.69, 9.17) is 0 Å². The summed E-state index contributed by atoms with van der Waals surface area (Å²) in [6, 6.07) is -0.639. The number of hydrogen-bond donors (Lipinski definition) is 3. The molecule has 66 heavy (non-hydrogen) atoms. The maximum atomic E-state index is 12.5. The van der Waals surface area contributed by atoms with E-state index >= 15 is 0 Å². The van der Waals surface area contributed by atoms with E-state index < -0.39 is 12.1 Å². The molecule has 2 unspecified atom stereocenters. The zero-order chi connectivity index (χ0) is 47.7. The van der Waals surface area contributed by atoms with E-state index in [1.165, 1.54) is 218 Å². The number of hydrogen-bond acceptors (Lipinski definition) is 3. The minimum Gasteiger partial charge on any atom is -0.394 e. The van der Waals surface area contributed by atoms with Gasteiger partial charge in [-0.3, -0.25) is 4.79 Å². The molecule has 0 radical (unpaired) electrons. The first kappa shape index (κ1) is 63.8. The minimum atomic E-state index is -0.862. The maximum absolute atomic E-state index is 12.5. The Morgan fingerprint density at radius 3 is 1.06 bits per heavy atom. The fraction of sp³-hybridized carbons (Fsp3) is 0.790. The minimum absolute atomic E-state index is 0.0705. The average molecular weight is 921 g/mol. The summed E-state index contributed by atoms with van der Waals surface area (Å²) in [6.45, 7) is 4.19. The Balaban J connectivity index is 3.42. The molecule has 0 aliphatic rings. The monoisotopic (exact) mass is 920 g/mol. The van der Waals surface area contributed by atoms with E-state index in [0.717, 1.165) is 57.8 Å². The van der Waals surface area contributed by atoms with Crippen LogP contribution in [0.4, 0.5) is 0 Å². The molecule has 0 aromatic rings. The van der Waals surface area contributed by atoms with Crippen LogP contribution < -0.4 is 5.32 Å².